The van der Waals surface area contributed by atoms with Gasteiger partial charge in [-0.25, -0.2) is 0 Å². The largest absolute Gasteiger partial charge is 0.497 e. The van der Waals surface area contributed by atoms with Crippen molar-refractivity contribution < 1.29 is 14.6 Å². The first kappa shape index (κ1) is 20.4. The Morgan fingerprint density at radius 2 is 1.90 bits per heavy atom. The Bertz CT molecular complexity index is 781. The van der Waals surface area contributed by atoms with Crippen molar-refractivity contribution in [1.82, 2.24) is 4.90 Å². The second-order valence-electron chi connectivity index (χ2n) is 7.65. The fraction of sp³-hybridized carbons (Fsp3) is 0.478. The molecule has 2 aliphatic rings. The summed E-state index contributed by atoms with van der Waals surface area (Å²) in [6.07, 6.45) is 1.61. The molecule has 0 unspecified atom stereocenters. The molecule has 0 aromatic heterocycles. The fourth-order valence-corrected chi connectivity index (χ4v) is 5.26. The maximum atomic E-state index is 10.5. The summed E-state index contributed by atoms with van der Waals surface area (Å²) in [5.74, 6) is 1.67. The number of hydrogen-bond acceptors (Lipinski definition) is 6. The van der Waals surface area contributed by atoms with Gasteiger partial charge in [-0.1, -0.05) is 18.2 Å². The minimum absolute atomic E-state index is 0.147. The lowest BCUT2D eigenvalue weighted by atomic mass is 10.1. The van der Waals surface area contributed by atoms with Gasteiger partial charge in [0.15, 0.2) is 0 Å². The van der Waals surface area contributed by atoms with Crippen LogP contribution in [0, 0.1) is 0 Å². The third-order valence-electron chi connectivity index (χ3n) is 5.72. The third kappa shape index (κ3) is 5.18. The molecule has 29 heavy (non-hydrogen) atoms. The van der Waals surface area contributed by atoms with Gasteiger partial charge in [0.1, 0.15) is 24.2 Å². The number of thioether (sulfide) groups is 1. The molecule has 1 saturated heterocycles. The molecule has 6 heteroatoms. The highest BCUT2D eigenvalue weighted by atomic mass is 32.2. The van der Waals surface area contributed by atoms with Crippen LogP contribution in [0.4, 0.5) is 5.69 Å². The van der Waals surface area contributed by atoms with Crippen LogP contribution in [-0.2, 0) is 0 Å². The van der Waals surface area contributed by atoms with Crippen LogP contribution >= 0.6 is 11.8 Å². The van der Waals surface area contributed by atoms with Gasteiger partial charge in [-0.3, -0.25) is 4.90 Å². The molecule has 2 heterocycles. The number of ether oxygens (including phenoxy) is 2. The van der Waals surface area contributed by atoms with Gasteiger partial charge in [0.05, 0.1) is 12.0 Å². The van der Waals surface area contributed by atoms with Crippen LogP contribution in [0.25, 0.3) is 0 Å². The highest BCUT2D eigenvalue weighted by Crippen LogP contribution is 2.40. The molecule has 5 nitrogen and oxygen atoms in total. The number of benzene rings is 2. The Hall–Kier alpha value is -1.89. The predicted octanol–water partition coefficient (Wildman–Crippen LogP) is 3.51. The molecule has 4 rings (SSSR count). The van der Waals surface area contributed by atoms with Crippen molar-refractivity contribution in [2.75, 3.05) is 51.3 Å². The second kappa shape index (κ2) is 9.74. The standard InChI is InChI=1S/C23H30N2O3S/c1-27-19-9-10-21-23(16-19)29-22(20(26)17-28-21)8-5-11-24-12-14-25(15-13-24)18-6-3-2-4-7-18/h2-4,6-7,9-10,16,20,22,26H,5,8,11-15,17H2,1H3/t20-,22+/m0/s1. The number of methoxy groups -OCH3 is 1. The molecule has 0 bridgehead atoms. The summed E-state index contributed by atoms with van der Waals surface area (Å²) in [6.45, 7) is 5.78. The Balaban J connectivity index is 1.26. The Kier molecular flexibility index (Phi) is 6.85. The first-order valence-electron chi connectivity index (χ1n) is 10.4. The first-order chi connectivity index (χ1) is 14.2. The van der Waals surface area contributed by atoms with Crippen molar-refractivity contribution >= 4 is 17.4 Å². The molecule has 156 valence electrons. The molecule has 2 aromatic carbocycles. The van der Waals surface area contributed by atoms with E-state index < -0.39 is 6.10 Å². The zero-order chi connectivity index (χ0) is 20.1. The molecule has 1 N–H and O–H groups in total. The van der Waals surface area contributed by atoms with Crippen LogP contribution in [-0.4, -0.2) is 67.8 Å². The monoisotopic (exact) mass is 414 g/mol. The number of aliphatic hydroxyl groups excluding tert-OH is 1. The summed E-state index contributed by atoms with van der Waals surface area (Å²) in [5, 5.41) is 10.7. The number of anilines is 1. The van der Waals surface area contributed by atoms with Gasteiger partial charge in [-0.05, 0) is 49.7 Å². The van der Waals surface area contributed by atoms with Crippen LogP contribution in [0.1, 0.15) is 12.8 Å². The maximum Gasteiger partial charge on any atom is 0.133 e. The van der Waals surface area contributed by atoms with E-state index in [1.807, 2.05) is 18.2 Å². The van der Waals surface area contributed by atoms with Crippen molar-refractivity contribution in [1.29, 1.82) is 0 Å². The number of hydrogen-bond donors (Lipinski definition) is 1. The quantitative estimate of drug-likeness (QED) is 0.781. The molecule has 1 fully saturated rings. The minimum Gasteiger partial charge on any atom is -0.497 e. The summed E-state index contributed by atoms with van der Waals surface area (Å²) in [5.41, 5.74) is 1.32. The molecular formula is C23H30N2O3S. The van der Waals surface area contributed by atoms with Crippen LogP contribution in [0.15, 0.2) is 53.4 Å². The van der Waals surface area contributed by atoms with E-state index in [9.17, 15) is 5.11 Å². The molecule has 0 aliphatic carbocycles. The van der Waals surface area contributed by atoms with E-state index in [1.54, 1.807) is 18.9 Å². The second-order valence-corrected chi connectivity index (χ2v) is 8.93. The molecule has 0 amide bonds. The SMILES string of the molecule is COc1ccc2c(c1)S[C@H](CCCN1CCN(c3ccccc3)CC1)[C@@H](O)CO2. The third-order valence-corrected chi connectivity index (χ3v) is 7.15. The first-order valence-corrected chi connectivity index (χ1v) is 11.3. The lowest BCUT2D eigenvalue weighted by Crippen LogP contribution is -2.46. The normalized spacial score (nSPS) is 22.5. The van der Waals surface area contributed by atoms with Gasteiger partial charge >= 0.3 is 0 Å². The average Bonchev–Trinajstić information content (AvgIpc) is 2.93. The van der Waals surface area contributed by atoms with Gasteiger partial charge in [0, 0.05) is 37.1 Å². The van der Waals surface area contributed by atoms with E-state index in [0.29, 0.717) is 6.61 Å². The van der Waals surface area contributed by atoms with Gasteiger partial charge in [-0.15, -0.1) is 11.8 Å². The van der Waals surface area contributed by atoms with E-state index in [1.165, 1.54) is 5.69 Å². The van der Waals surface area contributed by atoms with Crippen LogP contribution < -0.4 is 14.4 Å². The highest BCUT2D eigenvalue weighted by Gasteiger charge is 2.27. The van der Waals surface area contributed by atoms with E-state index in [4.69, 9.17) is 9.47 Å². The smallest absolute Gasteiger partial charge is 0.133 e. The Morgan fingerprint density at radius 1 is 1.10 bits per heavy atom. The number of fused-ring (bicyclic) bond motifs is 1. The van der Waals surface area contributed by atoms with E-state index in [0.717, 1.165) is 62.0 Å². The van der Waals surface area contributed by atoms with Gasteiger partial charge < -0.3 is 19.5 Å². The van der Waals surface area contributed by atoms with Crippen molar-refractivity contribution in [2.24, 2.45) is 0 Å². The summed E-state index contributed by atoms with van der Waals surface area (Å²) in [7, 11) is 1.67. The summed E-state index contributed by atoms with van der Waals surface area (Å²) in [4.78, 5) is 6.06. The molecular weight excluding hydrogens is 384 g/mol. The molecule has 2 atom stereocenters. The number of piperazine rings is 1. The zero-order valence-electron chi connectivity index (χ0n) is 17.0. The summed E-state index contributed by atoms with van der Waals surface area (Å²) >= 11 is 1.72. The molecule has 2 aliphatic heterocycles. The maximum absolute atomic E-state index is 10.5. The molecule has 0 saturated carbocycles. The van der Waals surface area contributed by atoms with E-state index in [2.05, 4.69) is 40.1 Å². The minimum atomic E-state index is -0.451. The van der Waals surface area contributed by atoms with E-state index in [-0.39, 0.29) is 5.25 Å². The number of nitrogens with zero attached hydrogens (tertiary/aromatic N) is 2. The van der Waals surface area contributed by atoms with Crippen molar-refractivity contribution in [3.63, 3.8) is 0 Å². The molecule has 2 aromatic rings. The topological polar surface area (TPSA) is 45.2 Å². The fourth-order valence-electron chi connectivity index (χ4n) is 3.99. The summed E-state index contributed by atoms with van der Waals surface area (Å²) < 4.78 is 11.1. The molecule has 0 spiro atoms. The van der Waals surface area contributed by atoms with Gasteiger partial charge in [-0.2, -0.15) is 0 Å². The number of rotatable bonds is 6. The number of aliphatic hydroxyl groups is 1. The van der Waals surface area contributed by atoms with E-state index >= 15 is 0 Å². The Morgan fingerprint density at radius 3 is 2.66 bits per heavy atom. The summed E-state index contributed by atoms with van der Waals surface area (Å²) in [6, 6.07) is 16.5. The molecule has 0 radical (unpaired) electrons. The van der Waals surface area contributed by atoms with Crippen LogP contribution in [0.3, 0.4) is 0 Å². The average molecular weight is 415 g/mol. The Labute approximate surface area is 177 Å². The van der Waals surface area contributed by atoms with Crippen LogP contribution in [0.2, 0.25) is 0 Å². The van der Waals surface area contributed by atoms with Crippen molar-refractivity contribution in [3.8, 4) is 11.5 Å². The van der Waals surface area contributed by atoms with Crippen LogP contribution in [0.5, 0.6) is 11.5 Å². The lowest BCUT2D eigenvalue weighted by molar-refractivity contribution is 0.103. The van der Waals surface area contributed by atoms with Gasteiger partial charge in [0.25, 0.3) is 0 Å². The van der Waals surface area contributed by atoms with Crippen molar-refractivity contribution in [2.45, 2.75) is 29.1 Å². The number of para-hydroxylation sites is 1. The predicted molar refractivity (Wildman–Crippen MR) is 118 cm³/mol. The highest BCUT2D eigenvalue weighted by molar-refractivity contribution is 8.00. The van der Waals surface area contributed by atoms with Crippen molar-refractivity contribution in [3.05, 3.63) is 48.5 Å². The van der Waals surface area contributed by atoms with Gasteiger partial charge in [0.2, 0.25) is 0 Å². The zero-order valence-corrected chi connectivity index (χ0v) is 17.8. The lowest BCUT2D eigenvalue weighted by Gasteiger charge is -2.36.